The Kier molecular flexibility index (Phi) is 4.34. The second-order valence-corrected chi connectivity index (χ2v) is 8.03. The van der Waals surface area contributed by atoms with Gasteiger partial charge in [-0.1, -0.05) is 0 Å². The maximum atomic E-state index is 6.09. The van der Waals surface area contributed by atoms with Crippen molar-refractivity contribution in [3.8, 4) is 23.0 Å². The van der Waals surface area contributed by atoms with Crippen LogP contribution in [0.1, 0.15) is 22.4 Å². The van der Waals surface area contributed by atoms with Crippen molar-refractivity contribution < 1.29 is 14.2 Å². The van der Waals surface area contributed by atoms with E-state index in [0.717, 1.165) is 52.6 Å². The molecule has 6 rings (SSSR count). The fourth-order valence-electron chi connectivity index (χ4n) is 4.23. The number of anilines is 1. The first kappa shape index (κ1) is 18.9. The molecule has 0 bridgehead atoms. The molecule has 32 heavy (non-hydrogen) atoms. The van der Waals surface area contributed by atoms with Gasteiger partial charge in [-0.3, -0.25) is 4.98 Å². The SMILES string of the molecule is Cc1c(N2CCc3ncc(Oc4ccc5c(c4)OCCO5)cc3C2)nn2cnnc2c1C. The van der Waals surface area contributed by atoms with Gasteiger partial charge in [0.2, 0.25) is 0 Å². The fraction of sp³-hybridized carbons (Fsp3) is 0.304. The molecule has 0 fully saturated rings. The van der Waals surface area contributed by atoms with Gasteiger partial charge in [0, 0.05) is 42.4 Å². The molecule has 9 heteroatoms. The summed E-state index contributed by atoms with van der Waals surface area (Å²) in [7, 11) is 0. The summed E-state index contributed by atoms with van der Waals surface area (Å²) in [5.74, 6) is 3.77. The zero-order chi connectivity index (χ0) is 21.7. The van der Waals surface area contributed by atoms with Gasteiger partial charge in [0.05, 0.1) is 6.20 Å². The van der Waals surface area contributed by atoms with Gasteiger partial charge in [0.15, 0.2) is 23.0 Å². The van der Waals surface area contributed by atoms with Crippen LogP contribution in [0.4, 0.5) is 5.82 Å². The number of pyridine rings is 1. The maximum absolute atomic E-state index is 6.09. The highest BCUT2D eigenvalue weighted by atomic mass is 16.6. The first-order valence-corrected chi connectivity index (χ1v) is 10.6. The Bertz CT molecular complexity index is 1340. The monoisotopic (exact) mass is 430 g/mol. The molecule has 1 aromatic carbocycles. The summed E-state index contributed by atoms with van der Waals surface area (Å²) in [5, 5.41) is 12.9. The number of aryl methyl sites for hydroxylation is 1. The molecule has 162 valence electrons. The fourth-order valence-corrected chi connectivity index (χ4v) is 4.23. The quantitative estimate of drug-likeness (QED) is 0.490. The predicted octanol–water partition coefficient (Wildman–Crippen LogP) is 3.26. The summed E-state index contributed by atoms with van der Waals surface area (Å²) in [6.45, 7) is 6.81. The van der Waals surface area contributed by atoms with E-state index in [1.165, 1.54) is 0 Å². The van der Waals surface area contributed by atoms with Crippen LogP contribution in [0, 0.1) is 13.8 Å². The van der Waals surface area contributed by atoms with E-state index in [4.69, 9.17) is 19.3 Å². The number of fused-ring (bicyclic) bond motifs is 3. The molecule has 9 nitrogen and oxygen atoms in total. The highest BCUT2D eigenvalue weighted by Crippen LogP contribution is 2.36. The normalized spacial score (nSPS) is 15.0. The first-order chi connectivity index (χ1) is 15.7. The van der Waals surface area contributed by atoms with E-state index in [1.54, 1.807) is 17.0 Å². The van der Waals surface area contributed by atoms with Crippen molar-refractivity contribution in [3.05, 3.63) is 59.2 Å². The third-order valence-corrected chi connectivity index (χ3v) is 6.03. The van der Waals surface area contributed by atoms with Crippen molar-refractivity contribution in [1.82, 2.24) is 24.8 Å². The molecule has 2 aliphatic rings. The molecule has 4 aromatic rings. The highest BCUT2D eigenvalue weighted by molar-refractivity contribution is 5.59. The number of hydrogen-bond acceptors (Lipinski definition) is 8. The molecule has 0 N–H and O–H groups in total. The van der Waals surface area contributed by atoms with Crippen molar-refractivity contribution in [3.63, 3.8) is 0 Å². The lowest BCUT2D eigenvalue weighted by atomic mass is 10.0. The van der Waals surface area contributed by atoms with Gasteiger partial charge >= 0.3 is 0 Å². The summed E-state index contributed by atoms with van der Waals surface area (Å²) in [4.78, 5) is 6.94. The minimum atomic E-state index is 0.542. The zero-order valence-electron chi connectivity index (χ0n) is 17.9. The summed E-state index contributed by atoms with van der Waals surface area (Å²) in [6, 6.07) is 7.66. The Labute approximate surface area is 184 Å². The standard InChI is InChI=1S/C23H22N6O3/c1-14-15(2)23(27-29-13-25-26-22(14)29)28-6-5-19-16(12-28)9-18(11-24-19)32-17-3-4-20-21(10-17)31-8-7-30-20/h3-4,9-11,13H,5-8,12H2,1-2H3. The van der Waals surface area contributed by atoms with Crippen molar-refractivity contribution >= 4 is 11.5 Å². The second-order valence-electron chi connectivity index (χ2n) is 8.03. The number of hydrogen-bond donors (Lipinski definition) is 0. The lowest BCUT2D eigenvalue weighted by Crippen LogP contribution is -2.32. The van der Waals surface area contributed by atoms with E-state index in [1.807, 2.05) is 18.2 Å². The summed E-state index contributed by atoms with van der Waals surface area (Å²) < 4.78 is 19.1. The topological polar surface area (TPSA) is 86.9 Å². The van der Waals surface area contributed by atoms with Gasteiger partial charge < -0.3 is 19.1 Å². The summed E-state index contributed by atoms with van der Waals surface area (Å²) in [5.41, 5.74) is 5.22. The molecular weight excluding hydrogens is 408 g/mol. The van der Waals surface area contributed by atoms with Crippen molar-refractivity contribution in [2.75, 3.05) is 24.7 Å². The Hall–Kier alpha value is -3.88. The van der Waals surface area contributed by atoms with E-state index >= 15 is 0 Å². The van der Waals surface area contributed by atoms with Crippen LogP contribution in [0.25, 0.3) is 5.65 Å². The minimum Gasteiger partial charge on any atom is -0.486 e. The van der Waals surface area contributed by atoms with Crippen LogP contribution in [-0.4, -0.2) is 44.6 Å². The second kappa shape index (κ2) is 7.37. The first-order valence-electron chi connectivity index (χ1n) is 10.6. The minimum absolute atomic E-state index is 0.542. The zero-order valence-corrected chi connectivity index (χ0v) is 17.9. The van der Waals surface area contributed by atoms with Crippen molar-refractivity contribution in [1.29, 1.82) is 0 Å². The average molecular weight is 430 g/mol. The van der Waals surface area contributed by atoms with Gasteiger partial charge in [-0.25, -0.2) is 0 Å². The molecular formula is C23H22N6O3. The third-order valence-electron chi connectivity index (χ3n) is 6.03. The van der Waals surface area contributed by atoms with Crippen LogP contribution in [0.15, 0.2) is 36.8 Å². The third kappa shape index (κ3) is 3.17. The Morgan fingerprint density at radius 3 is 2.78 bits per heavy atom. The number of rotatable bonds is 3. The lowest BCUT2D eigenvalue weighted by Gasteiger charge is -2.30. The number of ether oxygens (including phenoxy) is 3. The van der Waals surface area contributed by atoms with Crippen LogP contribution in [0.5, 0.6) is 23.0 Å². The molecule has 0 spiro atoms. The van der Waals surface area contributed by atoms with Crippen molar-refractivity contribution in [2.24, 2.45) is 0 Å². The van der Waals surface area contributed by atoms with Crippen LogP contribution in [0.2, 0.25) is 0 Å². The van der Waals surface area contributed by atoms with Crippen LogP contribution >= 0.6 is 0 Å². The van der Waals surface area contributed by atoms with Gasteiger partial charge in [-0.15, -0.1) is 15.3 Å². The largest absolute Gasteiger partial charge is 0.486 e. The van der Waals surface area contributed by atoms with Gasteiger partial charge in [-0.2, -0.15) is 4.52 Å². The highest BCUT2D eigenvalue weighted by Gasteiger charge is 2.23. The van der Waals surface area contributed by atoms with Crippen LogP contribution in [-0.2, 0) is 13.0 Å². The summed E-state index contributed by atoms with van der Waals surface area (Å²) in [6.07, 6.45) is 4.27. The predicted molar refractivity (Wildman–Crippen MR) is 117 cm³/mol. The number of nitrogens with zero attached hydrogens (tertiary/aromatic N) is 6. The molecule has 0 amide bonds. The van der Waals surface area contributed by atoms with Crippen LogP contribution in [0.3, 0.4) is 0 Å². The Morgan fingerprint density at radius 2 is 1.88 bits per heavy atom. The van der Waals surface area contributed by atoms with Crippen LogP contribution < -0.4 is 19.1 Å². The van der Waals surface area contributed by atoms with E-state index in [0.29, 0.717) is 37.0 Å². The van der Waals surface area contributed by atoms with E-state index in [-0.39, 0.29) is 0 Å². The van der Waals surface area contributed by atoms with Gasteiger partial charge in [0.1, 0.15) is 31.0 Å². The van der Waals surface area contributed by atoms with E-state index in [9.17, 15) is 0 Å². The Balaban J connectivity index is 1.27. The lowest BCUT2D eigenvalue weighted by molar-refractivity contribution is 0.171. The molecule has 0 unspecified atom stereocenters. The molecule has 0 saturated heterocycles. The number of benzene rings is 1. The summed E-state index contributed by atoms with van der Waals surface area (Å²) >= 11 is 0. The Morgan fingerprint density at radius 1 is 1.00 bits per heavy atom. The molecule has 0 saturated carbocycles. The van der Waals surface area contributed by atoms with Gasteiger partial charge in [-0.05, 0) is 37.6 Å². The molecule has 2 aliphatic heterocycles. The number of aromatic nitrogens is 5. The van der Waals surface area contributed by atoms with Gasteiger partial charge in [0.25, 0.3) is 0 Å². The maximum Gasteiger partial charge on any atom is 0.180 e. The average Bonchev–Trinajstić information content (AvgIpc) is 3.30. The molecule has 0 atom stereocenters. The van der Waals surface area contributed by atoms with E-state index in [2.05, 4.69) is 40.0 Å². The smallest absolute Gasteiger partial charge is 0.180 e. The molecule has 3 aromatic heterocycles. The van der Waals surface area contributed by atoms with Crippen molar-refractivity contribution in [2.45, 2.75) is 26.8 Å². The molecule has 5 heterocycles. The van der Waals surface area contributed by atoms with E-state index < -0.39 is 0 Å². The molecule has 0 radical (unpaired) electrons. The molecule has 0 aliphatic carbocycles.